The smallest absolute Gasteiger partial charge is 0.422 e. The number of alkyl halides is 3. The van der Waals surface area contributed by atoms with Gasteiger partial charge in [0, 0.05) is 66.9 Å². The minimum Gasteiger partial charge on any atom is -0.481 e. The molecule has 266 valence electrons. The number of halogens is 3. The van der Waals surface area contributed by atoms with Gasteiger partial charge in [-0.05, 0) is 73.6 Å². The van der Waals surface area contributed by atoms with Gasteiger partial charge in [-0.15, -0.1) is 0 Å². The Hall–Kier alpha value is -5.20. The van der Waals surface area contributed by atoms with Crippen LogP contribution in [0.3, 0.4) is 0 Å². The Labute approximate surface area is 293 Å². The Bertz CT molecular complexity index is 2050. The van der Waals surface area contributed by atoms with E-state index in [0.29, 0.717) is 85.8 Å². The molecule has 3 aliphatic heterocycles. The van der Waals surface area contributed by atoms with Gasteiger partial charge in [0.15, 0.2) is 12.4 Å². The largest absolute Gasteiger partial charge is 0.481 e. The van der Waals surface area contributed by atoms with E-state index in [1.54, 1.807) is 22.1 Å². The van der Waals surface area contributed by atoms with E-state index in [1.807, 2.05) is 25.1 Å². The highest BCUT2D eigenvalue weighted by Gasteiger charge is 2.46. The summed E-state index contributed by atoms with van der Waals surface area (Å²) in [4.78, 5) is 40.4. The number of likely N-dealkylation sites (tertiary alicyclic amines) is 2. The molecule has 51 heavy (non-hydrogen) atoms. The van der Waals surface area contributed by atoms with Gasteiger partial charge in [0.05, 0.1) is 11.7 Å². The molecule has 0 radical (unpaired) electrons. The Morgan fingerprint density at radius 1 is 0.980 bits per heavy atom. The summed E-state index contributed by atoms with van der Waals surface area (Å²) in [5.74, 6) is 0.774. The zero-order valence-electron chi connectivity index (χ0n) is 28.6. The molecule has 1 spiro atoms. The molecule has 4 aromatic rings. The number of fused-ring (bicyclic) bond motifs is 2. The molecule has 0 unspecified atom stereocenters. The minimum atomic E-state index is -4.61. The van der Waals surface area contributed by atoms with E-state index in [2.05, 4.69) is 34.8 Å². The number of aryl methyl sites for hydroxylation is 1. The van der Waals surface area contributed by atoms with Gasteiger partial charge in [-0.3, -0.25) is 14.7 Å². The Balaban J connectivity index is 1.39. The van der Waals surface area contributed by atoms with Crippen molar-refractivity contribution in [2.75, 3.05) is 50.8 Å². The summed E-state index contributed by atoms with van der Waals surface area (Å²) >= 11 is 0. The van der Waals surface area contributed by atoms with Gasteiger partial charge in [0.2, 0.25) is 11.8 Å². The maximum absolute atomic E-state index is 14.0. The molecule has 0 bridgehead atoms. The number of H-pyrrole nitrogens is 1. The molecule has 5 heterocycles. The van der Waals surface area contributed by atoms with Crippen molar-refractivity contribution in [1.82, 2.24) is 30.0 Å². The topological polar surface area (TPSA) is 108 Å². The number of nitrogens with zero attached hydrogens (tertiary/aromatic N) is 6. The van der Waals surface area contributed by atoms with Crippen molar-refractivity contribution < 1.29 is 27.5 Å². The van der Waals surface area contributed by atoms with Crippen molar-refractivity contribution in [2.45, 2.75) is 44.7 Å². The van der Waals surface area contributed by atoms with Crippen LogP contribution in [0.25, 0.3) is 39.0 Å². The molecular formula is C38H40F3N7O3. The van der Waals surface area contributed by atoms with Gasteiger partial charge in [-0.25, -0.2) is 9.97 Å². The second-order valence-corrected chi connectivity index (χ2v) is 13.9. The number of anilines is 1. The predicted molar refractivity (Wildman–Crippen MR) is 190 cm³/mol. The van der Waals surface area contributed by atoms with Crippen molar-refractivity contribution in [3.05, 3.63) is 73.2 Å². The highest BCUT2D eigenvalue weighted by molar-refractivity contribution is 6.07. The van der Waals surface area contributed by atoms with Gasteiger partial charge in [-0.2, -0.15) is 18.3 Å². The summed E-state index contributed by atoms with van der Waals surface area (Å²) in [6, 6.07) is 5.67. The van der Waals surface area contributed by atoms with Crippen LogP contribution < -0.4 is 9.64 Å². The molecule has 1 N–H and O–H groups in total. The molecule has 10 nitrogen and oxygen atoms in total. The first kappa shape index (κ1) is 34.3. The van der Waals surface area contributed by atoms with E-state index >= 15 is 0 Å². The third-order valence-corrected chi connectivity index (χ3v) is 10.7. The summed E-state index contributed by atoms with van der Waals surface area (Å²) in [7, 11) is 0. The fourth-order valence-electron chi connectivity index (χ4n) is 7.90. The highest BCUT2D eigenvalue weighted by Crippen LogP contribution is 2.48. The molecule has 2 amide bonds. The van der Waals surface area contributed by atoms with E-state index < -0.39 is 12.8 Å². The molecule has 0 aliphatic carbocycles. The van der Waals surface area contributed by atoms with E-state index in [-0.39, 0.29) is 34.4 Å². The van der Waals surface area contributed by atoms with Crippen LogP contribution >= 0.6 is 0 Å². The summed E-state index contributed by atoms with van der Waals surface area (Å²) in [5, 5.41) is 8.48. The number of hydrogen-bond acceptors (Lipinski definition) is 7. The number of carbonyl (C=O) groups is 2. The monoisotopic (exact) mass is 699 g/mol. The van der Waals surface area contributed by atoms with Crippen molar-refractivity contribution >= 4 is 45.5 Å². The first-order valence-electron chi connectivity index (χ1n) is 17.2. The number of carbonyl (C=O) groups excluding carboxylic acids is 2. The number of aromatic amines is 1. The fraction of sp³-hybridized carbons (Fsp3) is 0.395. The summed E-state index contributed by atoms with van der Waals surface area (Å²) in [6.07, 6.45) is 4.13. The normalized spacial score (nSPS) is 17.8. The number of benzene rings is 2. The van der Waals surface area contributed by atoms with Gasteiger partial charge in [0.25, 0.3) is 0 Å². The fourth-order valence-corrected chi connectivity index (χ4v) is 7.90. The van der Waals surface area contributed by atoms with Gasteiger partial charge in [0.1, 0.15) is 17.2 Å². The molecule has 2 aromatic heterocycles. The number of rotatable bonds is 8. The van der Waals surface area contributed by atoms with Crippen LogP contribution in [0.5, 0.6) is 5.75 Å². The third-order valence-electron chi connectivity index (χ3n) is 10.7. The maximum atomic E-state index is 14.0. The summed E-state index contributed by atoms with van der Waals surface area (Å²) in [5.41, 5.74) is 3.55. The van der Waals surface area contributed by atoms with Crippen LogP contribution in [0.1, 0.15) is 48.6 Å². The van der Waals surface area contributed by atoms with Crippen LogP contribution in [0.2, 0.25) is 0 Å². The van der Waals surface area contributed by atoms with Gasteiger partial charge < -0.3 is 19.4 Å². The standard InChI is InChI=1S/C38H40F3N7O3/c1-5-24-18-26-33(34(51-22-38(39,40)41)32(24)31-23(4)8-9-28-27(31)19-42-45-28)43-35(25-10-14-46(15-11-25)29(49)6-2)44-36(26)47-16-12-37(13-17-47)20-48(21-37)30(50)7-3/h5-9,18-19,25H,1-3,10-17,20-22H2,4H3,(H,42,45). The van der Waals surface area contributed by atoms with Gasteiger partial charge in [-0.1, -0.05) is 31.9 Å². The predicted octanol–water partition coefficient (Wildman–Crippen LogP) is 6.57. The highest BCUT2D eigenvalue weighted by atomic mass is 19.4. The van der Waals surface area contributed by atoms with E-state index in [9.17, 15) is 22.8 Å². The number of hydrogen-bond donors (Lipinski definition) is 1. The second-order valence-electron chi connectivity index (χ2n) is 13.9. The Kier molecular flexibility index (Phi) is 8.84. The Morgan fingerprint density at radius 2 is 1.67 bits per heavy atom. The zero-order valence-corrected chi connectivity index (χ0v) is 28.6. The maximum Gasteiger partial charge on any atom is 0.422 e. The first-order chi connectivity index (χ1) is 24.4. The molecule has 3 aliphatic rings. The third kappa shape index (κ3) is 6.34. The minimum absolute atomic E-state index is 0.00625. The van der Waals surface area contributed by atoms with E-state index in [1.165, 1.54) is 12.2 Å². The molecule has 2 aromatic carbocycles. The SMILES string of the molecule is C=CC(=O)N1CCC(c2nc(N3CCC4(CC3)CN(C(=O)C=C)C4)c3cc(C=C)c(-c4c(C)ccc5[nH]ncc45)c(OCC(F)(F)F)c3n2)CC1. The molecular weight excluding hydrogens is 659 g/mol. The van der Waals surface area contributed by atoms with E-state index in [0.717, 1.165) is 29.3 Å². The average molecular weight is 700 g/mol. The average Bonchev–Trinajstić information content (AvgIpc) is 3.60. The molecule has 3 fully saturated rings. The lowest BCUT2D eigenvalue weighted by Crippen LogP contribution is -2.61. The van der Waals surface area contributed by atoms with Crippen LogP contribution in [0, 0.1) is 12.3 Å². The van der Waals surface area contributed by atoms with Crippen LogP contribution in [-0.4, -0.2) is 93.8 Å². The lowest BCUT2D eigenvalue weighted by Gasteiger charge is -2.54. The van der Waals surface area contributed by atoms with Crippen LogP contribution in [-0.2, 0) is 9.59 Å². The molecule has 3 saturated heterocycles. The summed E-state index contributed by atoms with van der Waals surface area (Å²) in [6.45, 7) is 15.3. The lowest BCUT2D eigenvalue weighted by molar-refractivity contribution is -0.153. The van der Waals surface area contributed by atoms with Crippen molar-refractivity contribution in [2.24, 2.45) is 5.41 Å². The molecule has 7 rings (SSSR count). The zero-order chi connectivity index (χ0) is 36.1. The first-order valence-corrected chi connectivity index (χ1v) is 17.2. The molecule has 0 saturated carbocycles. The van der Waals surface area contributed by atoms with Crippen molar-refractivity contribution in [3.63, 3.8) is 0 Å². The molecule has 13 heteroatoms. The number of ether oxygens (including phenoxy) is 1. The lowest BCUT2D eigenvalue weighted by atomic mass is 9.72. The van der Waals surface area contributed by atoms with Gasteiger partial charge >= 0.3 is 6.18 Å². The number of piperidine rings is 2. The van der Waals surface area contributed by atoms with E-state index in [4.69, 9.17) is 14.7 Å². The van der Waals surface area contributed by atoms with Crippen molar-refractivity contribution in [3.8, 4) is 16.9 Å². The number of nitrogens with one attached hydrogen (secondary N) is 1. The van der Waals surface area contributed by atoms with Crippen LogP contribution in [0.15, 0.2) is 56.3 Å². The number of aromatic nitrogens is 4. The Morgan fingerprint density at radius 3 is 2.31 bits per heavy atom. The second kappa shape index (κ2) is 13.2. The number of amides is 2. The van der Waals surface area contributed by atoms with Crippen LogP contribution in [0.4, 0.5) is 19.0 Å². The quantitative estimate of drug-likeness (QED) is 0.207. The summed E-state index contributed by atoms with van der Waals surface area (Å²) < 4.78 is 47.7. The van der Waals surface area contributed by atoms with Crippen molar-refractivity contribution in [1.29, 1.82) is 0 Å². The molecule has 0 atom stereocenters.